The van der Waals surface area contributed by atoms with Gasteiger partial charge >= 0.3 is 17.9 Å². The molecular formula is C10H18O11. The molecule has 1 unspecified atom stereocenters. The van der Waals surface area contributed by atoms with Crippen molar-refractivity contribution in [1.29, 1.82) is 0 Å². The lowest BCUT2D eigenvalue weighted by molar-refractivity contribution is -0.145. The number of hydrogen-bond acceptors (Lipinski definition) is 6. The Labute approximate surface area is 119 Å². The molecule has 21 heavy (non-hydrogen) atoms. The van der Waals surface area contributed by atoms with Crippen molar-refractivity contribution in [2.75, 3.05) is 0 Å². The Morgan fingerprint density at radius 1 is 0.952 bits per heavy atom. The molecule has 0 aromatic heterocycles. The highest BCUT2D eigenvalue weighted by atomic mass is 16.4. The van der Waals surface area contributed by atoms with E-state index in [-0.39, 0.29) is 19.3 Å². The molecule has 11 nitrogen and oxygen atoms in total. The van der Waals surface area contributed by atoms with E-state index in [0.717, 1.165) is 6.92 Å². The number of aliphatic carboxylic acids is 4. The summed E-state index contributed by atoms with van der Waals surface area (Å²) >= 11 is 0. The zero-order valence-corrected chi connectivity index (χ0v) is 11.3. The fourth-order valence-electron chi connectivity index (χ4n) is 0.214. The smallest absolute Gasteiger partial charge is 0.332 e. The molecule has 0 saturated heterocycles. The Bertz CT molecular complexity index is 303. The molecule has 0 spiro atoms. The Hall–Kier alpha value is -2.69. The van der Waals surface area contributed by atoms with Crippen LogP contribution in [0.3, 0.4) is 0 Å². The first-order valence-corrected chi connectivity index (χ1v) is 5.04. The molecule has 0 fully saturated rings. The highest BCUT2D eigenvalue weighted by molar-refractivity contribution is 5.75. The van der Waals surface area contributed by atoms with Crippen LogP contribution in [0, 0.1) is 0 Å². The molecule has 6 N–H and O–H groups in total. The van der Waals surface area contributed by atoms with Gasteiger partial charge < -0.3 is 30.6 Å². The van der Waals surface area contributed by atoms with Crippen molar-refractivity contribution >= 4 is 30.3 Å². The molecule has 0 bridgehead atoms. The van der Waals surface area contributed by atoms with Gasteiger partial charge in [-0.1, -0.05) is 0 Å². The van der Waals surface area contributed by atoms with Crippen molar-refractivity contribution in [2.45, 2.75) is 32.8 Å². The monoisotopic (exact) mass is 314 g/mol. The number of carboxylic acids is 4. The summed E-state index contributed by atoms with van der Waals surface area (Å²) in [4.78, 5) is 46.1. The molecule has 11 heteroatoms. The number of aliphatic hydroxyl groups is 1. The summed E-state index contributed by atoms with van der Waals surface area (Å²) in [5.74, 6) is -4.17. The maximum absolute atomic E-state index is 9.64. The van der Waals surface area contributed by atoms with Crippen molar-refractivity contribution < 1.29 is 54.6 Å². The maximum Gasteiger partial charge on any atom is 0.332 e. The number of rotatable bonds is 4. The predicted octanol–water partition coefficient (Wildman–Crippen LogP) is -0.821. The summed E-state index contributed by atoms with van der Waals surface area (Å²) in [7, 11) is 0. The molecule has 0 aromatic rings. The number of carboxylic acid groups (broad SMARTS) is 5. The quantitative estimate of drug-likeness (QED) is 0.353. The van der Waals surface area contributed by atoms with E-state index in [4.69, 9.17) is 40.2 Å². The zero-order valence-electron chi connectivity index (χ0n) is 11.3. The average molecular weight is 314 g/mol. The summed E-state index contributed by atoms with van der Waals surface area (Å²) in [5.41, 5.74) is 0. The van der Waals surface area contributed by atoms with Crippen LogP contribution in [-0.2, 0) is 24.0 Å². The third-order valence-corrected chi connectivity index (χ3v) is 0.910. The molecule has 0 aliphatic carbocycles. The standard InChI is InChI=1S/C4H6O4.C3H6O3.C2H4O2.CH2O2/c5-3(6)1-2-4(7)8;1-2(4)3(5)6;1-2(3)4;2-1-3/h1-2H2,(H,5,6)(H,7,8);2,4H,1H3,(H,5,6);1H3,(H,3,4);1H,(H,2,3). The first-order valence-electron chi connectivity index (χ1n) is 5.04. The number of aliphatic hydroxyl groups excluding tert-OH is 1. The second-order valence-electron chi connectivity index (χ2n) is 2.93. The van der Waals surface area contributed by atoms with Crippen molar-refractivity contribution in [3.8, 4) is 0 Å². The molecule has 0 radical (unpaired) electrons. The largest absolute Gasteiger partial charge is 0.483 e. The van der Waals surface area contributed by atoms with Gasteiger partial charge in [0, 0.05) is 6.92 Å². The van der Waals surface area contributed by atoms with Gasteiger partial charge in [0.1, 0.15) is 6.10 Å². The van der Waals surface area contributed by atoms with E-state index in [9.17, 15) is 14.4 Å². The summed E-state index contributed by atoms with van der Waals surface area (Å²) < 4.78 is 0. The predicted molar refractivity (Wildman–Crippen MR) is 65.8 cm³/mol. The topological polar surface area (TPSA) is 207 Å². The normalized spacial score (nSPS) is 8.90. The SMILES string of the molecule is CC(=O)O.CC(O)C(=O)O.O=C(O)CCC(=O)O.O=CO. The molecule has 0 saturated carbocycles. The van der Waals surface area contributed by atoms with Crippen molar-refractivity contribution in [3.63, 3.8) is 0 Å². The molecule has 124 valence electrons. The first kappa shape index (κ1) is 26.8. The number of carbonyl (C=O) groups is 5. The van der Waals surface area contributed by atoms with Gasteiger partial charge in [-0.15, -0.1) is 0 Å². The summed E-state index contributed by atoms with van der Waals surface area (Å²) in [6, 6.07) is 0. The van der Waals surface area contributed by atoms with Gasteiger partial charge in [-0.2, -0.15) is 0 Å². The van der Waals surface area contributed by atoms with E-state index in [1.54, 1.807) is 0 Å². The van der Waals surface area contributed by atoms with E-state index in [2.05, 4.69) is 0 Å². The maximum atomic E-state index is 9.64. The van der Waals surface area contributed by atoms with Crippen LogP contribution in [-0.4, -0.2) is 67.1 Å². The minimum absolute atomic E-state index is 0.250. The van der Waals surface area contributed by atoms with Gasteiger partial charge in [0.2, 0.25) is 0 Å². The van der Waals surface area contributed by atoms with Gasteiger partial charge in [0.15, 0.2) is 0 Å². The molecule has 0 aliphatic rings. The minimum Gasteiger partial charge on any atom is -0.483 e. The van der Waals surface area contributed by atoms with E-state index < -0.39 is 30.0 Å². The van der Waals surface area contributed by atoms with Crippen molar-refractivity contribution in [1.82, 2.24) is 0 Å². The molecule has 0 rings (SSSR count). The van der Waals surface area contributed by atoms with Crippen LogP contribution in [0.4, 0.5) is 0 Å². The van der Waals surface area contributed by atoms with Gasteiger partial charge in [-0.25, -0.2) is 4.79 Å². The highest BCUT2D eigenvalue weighted by Crippen LogP contribution is 1.86. The van der Waals surface area contributed by atoms with E-state index in [1.165, 1.54) is 6.92 Å². The van der Waals surface area contributed by atoms with Crippen LogP contribution in [0.1, 0.15) is 26.7 Å². The second kappa shape index (κ2) is 19.6. The van der Waals surface area contributed by atoms with Crippen molar-refractivity contribution in [3.05, 3.63) is 0 Å². The van der Waals surface area contributed by atoms with Crippen LogP contribution < -0.4 is 0 Å². The second-order valence-corrected chi connectivity index (χ2v) is 2.93. The van der Waals surface area contributed by atoms with Crippen molar-refractivity contribution in [2.24, 2.45) is 0 Å². The fraction of sp³-hybridized carbons (Fsp3) is 0.500. The third kappa shape index (κ3) is 102. The molecule has 0 aromatic carbocycles. The van der Waals surface area contributed by atoms with Crippen LogP contribution in [0.2, 0.25) is 0 Å². The molecule has 0 heterocycles. The van der Waals surface area contributed by atoms with Crippen LogP contribution in [0.5, 0.6) is 0 Å². The van der Waals surface area contributed by atoms with Crippen LogP contribution in [0.25, 0.3) is 0 Å². The van der Waals surface area contributed by atoms with E-state index in [0.29, 0.717) is 0 Å². The van der Waals surface area contributed by atoms with Gasteiger partial charge in [-0.3, -0.25) is 19.2 Å². The summed E-state index contributed by atoms with van der Waals surface area (Å²) in [6.07, 6.45) is -1.82. The van der Waals surface area contributed by atoms with Crippen LogP contribution >= 0.6 is 0 Å². The van der Waals surface area contributed by atoms with Gasteiger partial charge in [0.05, 0.1) is 12.8 Å². The minimum atomic E-state index is -1.23. The van der Waals surface area contributed by atoms with E-state index in [1.807, 2.05) is 0 Å². The van der Waals surface area contributed by atoms with Gasteiger partial charge in [0.25, 0.3) is 12.4 Å². The Morgan fingerprint density at radius 2 is 1.10 bits per heavy atom. The lowest BCUT2D eigenvalue weighted by Gasteiger charge is -1.89. The first-order chi connectivity index (χ1) is 9.41. The van der Waals surface area contributed by atoms with Crippen LogP contribution in [0.15, 0.2) is 0 Å². The Kier molecular flexibility index (Phi) is 25.1. The van der Waals surface area contributed by atoms with Gasteiger partial charge in [-0.05, 0) is 6.92 Å². The summed E-state index contributed by atoms with van der Waals surface area (Å²) in [6.45, 7) is 2.03. The zero-order chi connectivity index (χ0) is 18.0. The third-order valence-electron chi connectivity index (χ3n) is 0.910. The molecule has 0 amide bonds. The molecule has 1 atom stereocenters. The molecular weight excluding hydrogens is 296 g/mol. The molecule has 0 aliphatic heterocycles. The highest BCUT2D eigenvalue weighted by Gasteiger charge is 2.01. The summed E-state index contributed by atoms with van der Waals surface area (Å²) in [5, 5.41) is 45.9. The van der Waals surface area contributed by atoms with E-state index >= 15 is 0 Å². The Morgan fingerprint density at radius 3 is 1.14 bits per heavy atom. The average Bonchev–Trinajstić information content (AvgIpc) is 2.27. The fourth-order valence-corrected chi connectivity index (χ4v) is 0.214. The number of hydrogen-bond donors (Lipinski definition) is 6. The Balaban J connectivity index is -0.0000000985. The lowest BCUT2D eigenvalue weighted by atomic mass is 10.3. The lowest BCUT2D eigenvalue weighted by Crippen LogP contribution is -2.13.